The minimum atomic E-state index is 1.01. The molecule has 2 aliphatic carbocycles. The van der Waals surface area contributed by atoms with E-state index < -0.39 is 0 Å². The summed E-state index contributed by atoms with van der Waals surface area (Å²) in [5, 5.41) is 0. The third kappa shape index (κ3) is 5.39. The summed E-state index contributed by atoms with van der Waals surface area (Å²) in [6.45, 7) is 8.00. The van der Waals surface area contributed by atoms with Crippen LogP contribution in [0.3, 0.4) is 0 Å². The summed E-state index contributed by atoms with van der Waals surface area (Å²) in [7, 11) is 0. The van der Waals surface area contributed by atoms with Gasteiger partial charge in [0, 0.05) is 0 Å². The molecule has 2 rings (SSSR count). The van der Waals surface area contributed by atoms with E-state index in [2.05, 4.69) is 6.08 Å². The minimum absolute atomic E-state index is 1.01. The van der Waals surface area contributed by atoms with Crippen LogP contribution in [-0.4, -0.2) is 0 Å². The molecule has 15 heavy (non-hydrogen) atoms. The van der Waals surface area contributed by atoms with Crippen LogP contribution >= 0.6 is 0 Å². The van der Waals surface area contributed by atoms with Crippen molar-refractivity contribution in [3.8, 4) is 0 Å². The Bertz CT molecular complexity index is 149. The monoisotopic (exact) mass is 210 g/mol. The zero-order valence-corrected chi connectivity index (χ0v) is 11.3. The smallest absolute Gasteiger partial charge is 0.0203 e. The molecule has 0 bridgehead atoms. The summed E-state index contributed by atoms with van der Waals surface area (Å²) < 4.78 is 0. The first kappa shape index (κ1) is 14.7. The van der Waals surface area contributed by atoms with Gasteiger partial charge in [0.05, 0.1) is 0 Å². The third-order valence-electron chi connectivity index (χ3n) is 3.21. The number of hydrogen-bond acceptors (Lipinski definition) is 0. The molecule has 90 valence electrons. The fraction of sp³-hybridized carbons (Fsp3) is 0.867. The Labute approximate surface area is 97.2 Å². The lowest BCUT2D eigenvalue weighted by molar-refractivity contribution is 0.564. The summed E-state index contributed by atoms with van der Waals surface area (Å²) in [6.07, 6.45) is 14.2. The molecule has 0 aliphatic heterocycles. The van der Waals surface area contributed by atoms with E-state index >= 15 is 0 Å². The number of allylic oxidation sites excluding steroid dienone is 2. The van der Waals surface area contributed by atoms with Gasteiger partial charge in [-0.15, -0.1) is 0 Å². The summed E-state index contributed by atoms with van der Waals surface area (Å²) in [4.78, 5) is 0. The van der Waals surface area contributed by atoms with Gasteiger partial charge in [0.15, 0.2) is 0 Å². The van der Waals surface area contributed by atoms with Gasteiger partial charge in [-0.25, -0.2) is 0 Å². The quantitative estimate of drug-likeness (QED) is 0.485. The van der Waals surface area contributed by atoms with Gasteiger partial charge in [0.25, 0.3) is 0 Å². The van der Waals surface area contributed by atoms with E-state index in [-0.39, 0.29) is 0 Å². The van der Waals surface area contributed by atoms with Crippen molar-refractivity contribution in [2.75, 3.05) is 0 Å². The lowest BCUT2D eigenvalue weighted by Crippen LogP contribution is -2.02. The lowest BCUT2D eigenvalue weighted by atomic mass is 9.88. The highest BCUT2D eigenvalue weighted by molar-refractivity contribution is 5.10. The molecule has 2 aliphatic rings. The molecule has 0 spiro atoms. The van der Waals surface area contributed by atoms with Crippen molar-refractivity contribution < 1.29 is 0 Å². The molecular formula is C15H30. The molecule has 0 unspecified atom stereocenters. The molecule has 0 nitrogen and oxygen atoms in total. The van der Waals surface area contributed by atoms with E-state index in [0.717, 1.165) is 5.92 Å². The molecule has 0 amide bonds. The van der Waals surface area contributed by atoms with Crippen LogP contribution < -0.4 is 0 Å². The van der Waals surface area contributed by atoms with Crippen LogP contribution in [0.4, 0.5) is 0 Å². The van der Waals surface area contributed by atoms with Crippen LogP contribution in [0, 0.1) is 5.92 Å². The van der Waals surface area contributed by atoms with Crippen molar-refractivity contribution in [3.05, 3.63) is 11.6 Å². The summed E-state index contributed by atoms with van der Waals surface area (Å²) in [5.74, 6) is 1.01. The van der Waals surface area contributed by atoms with Crippen LogP contribution in [-0.2, 0) is 0 Å². The summed E-state index contributed by atoms with van der Waals surface area (Å²) >= 11 is 0. The Balaban J connectivity index is 0.000000442. The molecule has 0 radical (unpaired) electrons. The highest BCUT2D eigenvalue weighted by Crippen LogP contribution is 2.35. The Morgan fingerprint density at radius 3 is 1.93 bits per heavy atom. The zero-order chi connectivity index (χ0) is 11.5. The van der Waals surface area contributed by atoms with Crippen molar-refractivity contribution in [2.24, 2.45) is 5.92 Å². The van der Waals surface area contributed by atoms with Gasteiger partial charge in [0.2, 0.25) is 0 Å². The standard InChI is InChI=1S/C11H18.2C2H6/c1-2-6-10(7-3-1)11-8-4-5-9-11;2*1-2/h6,11H,1-5,7-9H2;2*1-2H3. The van der Waals surface area contributed by atoms with Crippen molar-refractivity contribution in [1.29, 1.82) is 0 Å². The highest BCUT2D eigenvalue weighted by atomic mass is 14.2. The van der Waals surface area contributed by atoms with Gasteiger partial charge in [-0.05, 0) is 44.4 Å². The molecule has 0 saturated heterocycles. The summed E-state index contributed by atoms with van der Waals surface area (Å²) in [6, 6.07) is 0. The van der Waals surface area contributed by atoms with Crippen molar-refractivity contribution in [3.63, 3.8) is 0 Å². The van der Waals surface area contributed by atoms with Gasteiger partial charge in [0.1, 0.15) is 0 Å². The molecule has 0 heterocycles. The number of hydrogen-bond donors (Lipinski definition) is 0. The van der Waals surface area contributed by atoms with Gasteiger partial charge in [-0.3, -0.25) is 0 Å². The van der Waals surface area contributed by atoms with Crippen molar-refractivity contribution in [2.45, 2.75) is 79.1 Å². The van der Waals surface area contributed by atoms with Crippen molar-refractivity contribution in [1.82, 2.24) is 0 Å². The van der Waals surface area contributed by atoms with Crippen LogP contribution in [0.15, 0.2) is 11.6 Å². The second-order valence-electron chi connectivity index (χ2n) is 4.01. The van der Waals surface area contributed by atoms with E-state index in [9.17, 15) is 0 Å². The predicted octanol–water partition coefficient (Wildman–Crippen LogP) is 5.73. The first-order chi connectivity index (χ1) is 7.47. The fourth-order valence-corrected chi connectivity index (χ4v) is 2.53. The van der Waals surface area contributed by atoms with Gasteiger partial charge in [-0.2, -0.15) is 0 Å². The van der Waals surface area contributed by atoms with Crippen molar-refractivity contribution >= 4 is 0 Å². The Hall–Kier alpha value is -0.260. The molecule has 0 aromatic carbocycles. The first-order valence-electron chi connectivity index (χ1n) is 7.16. The predicted molar refractivity (Wildman–Crippen MR) is 71.2 cm³/mol. The van der Waals surface area contributed by atoms with Crippen LogP contribution in [0.1, 0.15) is 79.1 Å². The van der Waals surface area contributed by atoms with Crippen LogP contribution in [0.5, 0.6) is 0 Å². The Morgan fingerprint density at radius 2 is 1.47 bits per heavy atom. The van der Waals surface area contributed by atoms with E-state index in [1.165, 1.54) is 51.4 Å². The van der Waals surface area contributed by atoms with E-state index in [4.69, 9.17) is 0 Å². The molecule has 1 fully saturated rings. The maximum absolute atomic E-state index is 2.53. The van der Waals surface area contributed by atoms with Crippen LogP contribution in [0.2, 0.25) is 0 Å². The normalized spacial score (nSPS) is 20.7. The maximum Gasteiger partial charge on any atom is -0.0203 e. The average molecular weight is 210 g/mol. The summed E-state index contributed by atoms with van der Waals surface area (Å²) in [5.41, 5.74) is 1.81. The third-order valence-corrected chi connectivity index (χ3v) is 3.21. The Kier molecular flexibility index (Phi) is 10.1. The van der Waals surface area contributed by atoms with Crippen LogP contribution in [0.25, 0.3) is 0 Å². The second-order valence-corrected chi connectivity index (χ2v) is 4.01. The van der Waals surface area contributed by atoms with E-state index in [1.807, 2.05) is 33.3 Å². The minimum Gasteiger partial charge on any atom is -0.0851 e. The lowest BCUT2D eigenvalue weighted by Gasteiger charge is -2.18. The van der Waals surface area contributed by atoms with Gasteiger partial charge >= 0.3 is 0 Å². The van der Waals surface area contributed by atoms with Gasteiger partial charge in [-0.1, -0.05) is 52.2 Å². The maximum atomic E-state index is 2.53. The molecule has 0 aromatic heterocycles. The largest absolute Gasteiger partial charge is 0.0851 e. The molecule has 0 atom stereocenters. The van der Waals surface area contributed by atoms with E-state index in [0.29, 0.717) is 0 Å². The average Bonchev–Trinajstić information content (AvgIpc) is 2.89. The van der Waals surface area contributed by atoms with E-state index in [1.54, 1.807) is 0 Å². The second kappa shape index (κ2) is 10.3. The molecule has 0 aromatic rings. The molecule has 1 saturated carbocycles. The highest BCUT2D eigenvalue weighted by Gasteiger charge is 2.19. The topological polar surface area (TPSA) is 0 Å². The Morgan fingerprint density at radius 1 is 0.867 bits per heavy atom. The molecular weight excluding hydrogens is 180 g/mol. The fourth-order valence-electron chi connectivity index (χ4n) is 2.53. The SMILES string of the molecule is C1=C(C2CCCC2)CCCC1.CC.CC. The molecule has 0 heteroatoms. The molecule has 0 N–H and O–H groups in total. The van der Waals surface area contributed by atoms with Gasteiger partial charge < -0.3 is 0 Å². The first-order valence-corrected chi connectivity index (χ1v) is 7.16. The number of rotatable bonds is 1. The zero-order valence-electron chi connectivity index (χ0n) is 11.3.